The summed E-state index contributed by atoms with van der Waals surface area (Å²) >= 11 is 0. The van der Waals surface area contributed by atoms with E-state index in [9.17, 15) is 0 Å². The van der Waals surface area contributed by atoms with Crippen LogP contribution in [0.3, 0.4) is 0 Å². The van der Waals surface area contributed by atoms with Crippen molar-refractivity contribution in [3.8, 4) is 0 Å². The van der Waals surface area contributed by atoms with E-state index >= 15 is 0 Å². The van der Waals surface area contributed by atoms with Gasteiger partial charge in [-0.05, 0) is 56.3 Å². The van der Waals surface area contributed by atoms with E-state index in [2.05, 4.69) is 29.0 Å². The van der Waals surface area contributed by atoms with Crippen molar-refractivity contribution in [1.29, 1.82) is 0 Å². The Morgan fingerprint density at radius 2 is 2.12 bits per heavy atom. The number of hydrogen-bond acceptors (Lipinski definition) is 3. The quantitative estimate of drug-likeness (QED) is 0.374. The Kier molecular flexibility index (Phi) is 9.25. The van der Waals surface area contributed by atoms with E-state index in [1.807, 2.05) is 12.1 Å². The Hall–Kier alpha value is -0.760. The molecule has 1 aromatic rings. The highest BCUT2D eigenvalue weighted by Crippen LogP contribution is 2.20. The molecule has 0 saturated carbocycles. The van der Waals surface area contributed by atoms with Gasteiger partial charge in [-0.1, -0.05) is 13.8 Å². The van der Waals surface area contributed by atoms with Crippen molar-refractivity contribution in [1.82, 2.24) is 15.1 Å². The smallest absolute Gasteiger partial charge is 0.193 e. The molecule has 2 aliphatic rings. The summed E-state index contributed by atoms with van der Waals surface area (Å²) in [5.41, 5.74) is 0. The van der Waals surface area contributed by atoms with Gasteiger partial charge in [0.15, 0.2) is 5.96 Å². The van der Waals surface area contributed by atoms with E-state index in [1.165, 1.54) is 38.9 Å². The minimum Gasteiger partial charge on any atom is -0.469 e. The van der Waals surface area contributed by atoms with Crippen molar-refractivity contribution < 1.29 is 4.42 Å². The molecule has 2 fully saturated rings. The monoisotopic (exact) mass is 474 g/mol. The van der Waals surface area contributed by atoms with E-state index < -0.39 is 0 Å². The van der Waals surface area contributed by atoms with Crippen LogP contribution in [0.4, 0.5) is 0 Å². The highest BCUT2D eigenvalue weighted by molar-refractivity contribution is 14.0. The number of aliphatic imine (C=N–C) groups is 1. The molecule has 0 spiro atoms. The third-order valence-electron chi connectivity index (χ3n) is 5.14. The zero-order valence-electron chi connectivity index (χ0n) is 16.3. The van der Waals surface area contributed by atoms with Crippen LogP contribution in [0, 0.1) is 11.8 Å². The highest BCUT2D eigenvalue weighted by Gasteiger charge is 2.27. The first kappa shape index (κ1) is 21.5. The third kappa shape index (κ3) is 6.76. The number of hydrogen-bond donors (Lipinski definition) is 1. The first-order valence-electron chi connectivity index (χ1n) is 9.98. The average molecular weight is 474 g/mol. The van der Waals surface area contributed by atoms with Gasteiger partial charge in [-0.25, -0.2) is 0 Å². The Bertz CT molecular complexity index is 526. The average Bonchev–Trinajstić information content (AvgIpc) is 3.33. The maximum Gasteiger partial charge on any atom is 0.193 e. The van der Waals surface area contributed by atoms with Gasteiger partial charge in [-0.2, -0.15) is 0 Å². The van der Waals surface area contributed by atoms with Crippen LogP contribution in [-0.2, 0) is 6.42 Å². The zero-order valence-corrected chi connectivity index (χ0v) is 18.7. The molecule has 5 nitrogen and oxygen atoms in total. The van der Waals surface area contributed by atoms with Crippen molar-refractivity contribution in [2.24, 2.45) is 16.8 Å². The lowest BCUT2D eigenvalue weighted by Crippen LogP contribution is -2.42. The first-order chi connectivity index (χ1) is 12.2. The summed E-state index contributed by atoms with van der Waals surface area (Å²) in [6, 6.07) is 3.99. The molecule has 1 unspecified atom stereocenters. The second kappa shape index (κ2) is 11.2. The summed E-state index contributed by atoms with van der Waals surface area (Å²) in [5, 5.41) is 3.57. The van der Waals surface area contributed by atoms with E-state index in [0.29, 0.717) is 5.92 Å². The van der Waals surface area contributed by atoms with Gasteiger partial charge >= 0.3 is 0 Å². The molecule has 2 saturated heterocycles. The first-order valence-corrected chi connectivity index (χ1v) is 9.98. The van der Waals surface area contributed by atoms with Crippen LogP contribution in [0.5, 0.6) is 0 Å². The maximum absolute atomic E-state index is 5.43. The van der Waals surface area contributed by atoms with Gasteiger partial charge in [0.2, 0.25) is 0 Å². The summed E-state index contributed by atoms with van der Waals surface area (Å²) < 4.78 is 5.43. The molecular weight excluding hydrogens is 439 g/mol. The molecule has 3 heterocycles. The third-order valence-corrected chi connectivity index (χ3v) is 5.14. The summed E-state index contributed by atoms with van der Waals surface area (Å²) in [6.07, 6.45) is 6.69. The molecule has 1 aromatic heterocycles. The summed E-state index contributed by atoms with van der Waals surface area (Å²) in [7, 11) is 0. The van der Waals surface area contributed by atoms with Crippen LogP contribution in [0.2, 0.25) is 0 Å². The van der Waals surface area contributed by atoms with E-state index in [4.69, 9.17) is 9.41 Å². The maximum atomic E-state index is 5.43. The van der Waals surface area contributed by atoms with Crippen LogP contribution in [0.15, 0.2) is 27.8 Å². The van der Waals surface area contributed by atoms with Crippen LogP contribution >= 0.6 is 24.0 Å². The van der Waals surface area contributed by atoms with E-state index in [0.717, 1.165) is 50.2 Å². The van der Waals surface area contributed by atoms with Gasteiger partial charge in [-0.15, -0.1) is 24.0 Å². The molecule has 0 aliphatic carbocycles. The number of nitrogens with zero attached hydrogens (tertiary/aromatic N) is 3. The predicted octanol–water partition coefficient (Wildman–Crippen LogP) is 3.46. The van der Waals surface area contributed by atoms with Crippen LogP contribution in [-0.4, -0.2) is 61.6 Å². The largest absolute Gasteiger partial charge is 0.469 e. The lowest BCUT2D eigenvalue weighted by molar-refractivity contribution is 0.281. The minimum absolute atomic E-state index is 0. The standard InChI is InChI=1S/C20H34N4O.HI/c1-17(2)14-22-20(21-9-7-19-6-5-13-25-19)24-12-8-18(16-24)15-23-10-3-4-11-23;/h5-6,13,17-18H,3-4,7-12,14-16H2,1-2H3,(H,21,22);1H. The van der Waals surface area contributed by atoms with Gasteiger partial charge in [0.1, 0.15) is 5.76 Å². The molecule has 6 heteroatoms. The highest BCUT2D eigenvalue weighted by atomic mass is 127. The Morgan fingerprint density at radius 1 is 1.31 bits per heavy atom. The SMILES string of the molecule is CC(C)CN=C(NCCc1ccco1)N1CCC(CN2CCCC2)C1.I. The van der Waals surface area contributed by atoms with E-state index in [-0.39, 0.29) is 24.0 Å². The van der Waals surface area contributed by atoms with Crippen molar-refractivity contribution in [3.05, 3.63) is 24.2 Å². The number of rotatable bonds is 7. The molecule has 26 heavy (non-hydrogen) atoms. The number of furan rings is 1. The molecule has 0 aromatic carbocycles. The molecule has 1 N–H and O–H groups in total. The molecule has 2 aliphatic heterocycles. The fraction of sp³-hybridized carbons (Fsp3) is 0.750. The second-order valence-corrected chi connectivity index (χ2v) is 7.92. The molecular formula is C20H35IN4O. The van der Waals surface area contributed by atoms with Crippen molar-refractivity contribution >= 4 is 29.9 Å². The second-order valence-electron chi connectivity index (χ2n) is 7.92. The summed E-state index contributed by atoms with van der Waals surface area (Å²) in [5.74, 6) is 3.49. The topological polar surface area (TPSA) is 44.0 Å². The van der Waals surface area contributed by atoms with Gasteiger partial charge < -0.3 is 19.5 Å². The molecule has 1 atom stereocenters. The fourth-order valence-corrected chi connectivity index (χ4v) is 3.79. The molecule has 0 radical (unpaired) electrons. The number of likely N-dealkylation sites (tertiary alicyclic amines) is 2. The van der Waals surface area contributed by atoms with Crippen LogP contribution in [0.25, 0.3) is 0 Å². The van der Waals surface area contributed by atoms with Crippen molar-refractivity contribution in [2.45, 2.75) is 39.5 Å². The van der Waals surface area contributed by atoms with Gasteiger partial charge in [0.25, 0.3) is 0 Å². The van der Waals surface area contributed by atoms with E-state index in [1.54, 1.807) is 6.26 Å². The van der Waals surface area contributed by atoms with Crippen molar-refractivity contribution in [3.63, 3.8) is 0 Å². The van der Waals surface area contributed by atoms with Crippen LogP contribution < -0.4 is 5.32 Å². The molecule has 148 valence electrons. The van der Waals surface area contributed by atoms with Crippen LogP contribution in [0.1, 0.15) is 38.9 Å². The fourth-order valence-electron chi connectivity index (χ4n) is 3.79. The molecule has 0 amide bonds. The molecule has 0 bridgehead atoms. The Balaban J connectivity index is 0.00000243. The predicted molar refractivity (Wildman–Crippen MR) is 118 cm³/mol. The lowest BCUT2D eigenvalue weighted by Gasteiger charge is -2.24. The van der Waals surface area contributed by atoms with Crippen molar-refractivity contribution in [2.75, 3.05) is 45.8 Å². The Labute approximate surface area is 175 Å². The summed E-state index contributed by atoms with van der Waals surface area (Å²) in [4.78, 5) is 9.98. The minimum atomic E-state index is 0. The normalized spacial score (nSPS) is 21.4. The zero-order chi connectivity index (χ0) is 17.5. The Morgan fingerprint density at radius 3 is 2.81 bits per heavy atom. The van der Waals surface area contributed by atoms with Gasteiger partial charge in [0, 0.05) is 39.1 Å². The number of guanidine groups is 1. The lowest BCUT2D eigenvalue weighted by atomic mass is 10.1. The van der Waals surface area contributed by atoms with Gasteiger partial charge in [0.05, 0.1) is 6.26 Å². The van der Waals surface area contributed by atoms with Gasteiger partial charge in [-0.3, -0.25) is 4.99 Å². The molecule has 3 rings (SSSR count). The summed E-state index contributed by atoms with van der Waals surface area (Å²) in [6.45, 7) is 12.3. The number of halogens is 1. The number of nitrogens with one attached hydrogen (secondary N) is 1.